The molecule has 2 heteroatoms. The molecule has 1 aromatic carbocycles. The van der Waals surface area contributed by atoms with Gasteiger partial charge in [-0.3, -0.25) is 0 Å². The molecule has 1 rings (SSSR count). The summed E-state index contributed by atoms with van der Waals surface area (Å²) in [6, 6.07) is 7.49. The highest BCUT2D eigenvalue weighted by atomic mass is 16.3. The van der Waals surface area contributed by atoms with E-state index in [2.05, 4.69) is 34.6 Å². The minimum atomic E-state index is -0.185. The average Bonchev–Trinajstić information content (AvgIpc) is 2.13. The van der Waals surface area contributed by atoms with Gasteiger partial charge in [-0.2, -0.15) is 0 Å². The normalized spacial score (nSPS) is 14.7. The van der Waals surface area contributed by atoms with Crippen molar-refractivity contribution in [2.24, 2.45) is 11.1 Å². The number of aromatic hydroxyl groups is 1. The second kappa shape index (κ2) is 4.69. The van der Waals surface area contributed by atoms with E-state index in [1.807, 2.05) is 12.1 Å². The Balaban J connectivity index is 3.03. The van der Waals surface area contributed by atoms with E-state index in [-0.39, 0.29) is 11.0 Å². The molecule has 96 valence electrons. The molecule has 17 heavy (non-hydrogen) atoms. The molecule has 0 aliphatic rings. The van der Waals surface area contributed by atoms with Crippen LogP contribution in [0, 0.1) is 5.41 Å². The van der Waals surface area contributed by atoms with Crippen LogP contribution in [-0.2, 0) is 0 Å². The van der Waals surface area contributed by atoms with Crippen LogP contribution in [0.4, 0.5) is 0 Å². The SMILES string of the molecule is CC(C)(N)CC(c1ccc(O)cc1)C(C)(C)C. The molecule has 0 aliphatic heterocycles. The Kier molecular flexibility index (Phi) is 3.88. The van der Waals surface area contributed by atoms with Crippen LogP contribution in [0.3, 0.4) is 0 Å². The maximum absolute atomic E-state index is 9.35. The highest BCUT2D eigenvalue weighted by molar-refractivity contribution is 5.29. The molecule has 0 heterocycles. The third kappa shape index (κ3) is 4.39. The second-order valence-electron chi connectivity index (χ2n) is 6.70. The molecule has 0 aromatic heterocycles. The summed E-state index contributed by atoms with van der Waals surface area (Å²) in [7, 11) is 0. The molecule has 1 aromatic rings. The predicted octanol–water partition coefficient (Wildman–Crippen LogP) is 3.65. The average molecular weight is 235 g/mol. The fourth-order valence-electron chi connectivity index (χ4n) is 2.16. The van der Waals surface area contributed by atoms with Gasteiger partial charge in [0.1, 0.15) is 5.75 Å². The third-order valence-electron chi connectivity index (χ3n) is 3.07. The lowest BCUT2D eigenvalue weighted by Crippen LogP contribution is -2.37. The van der Waals surface area contributed by atoms with Gasteiger partial charge in [0.05, 0.1) is 0 Å². The zero-order valence-electron chi connectivity index (χ0n) is 11.6. The molecule has 0 spiro atoms. The van der Waals surface area contributed by atoms with Crippen LogP contribution in [0.15, 0.2) is 24.3 Å². The van der Waals surface area contributed by atoms with Gasteiger partial charge in [-0.1, -0.05) is 32.9 Å². The van der Waals surface area contributed by atoms with E-state index in [1.165, 1.54) is 5.56 Å². The first-order valence-corrected chi connectivity index (χ1v) is 6.17. The molecule has 2 nitrogen and oxygen atoms in total. The largest absolute Gasteiger partial charge is 0.508 e. The monoisotopic (exact) mass is 235 g/mol. The van der Waals surface area contributed by atoms with Crippen molar-refractivity contribution >= 4 is 0 Å². The van der Waals surface area contributed by atoms with Gasteiger partial charge in [0.2, 0.25) is 0 Å². The lowest BCUT2D eigenvalue weighted by molar-refractivity contribution is 0.262. The summed E-state index contributed by atoms with van der Waals surface area (Å²) in [5.74, 6) is 0.705. The first-order valence-electron chi connectivity index (χ1n) is 6.17. The summed E-state index contributed by atoms with van der Waals surface area (Å²) in [6.07, 6.45) is 0.932. The number of hydrogen-bond acceptors (Lipinski definition) is 2. The number of benzene rings is 1. The molecule has 1 atom stereocenters. The quantitative estimate of drug-likeness (QED) is 0.840. The molecule has 0 saturated carbocycles. The van der Waals surface area contributed by atoms with E-state index in [0.29, 0.717) is 11.7 Å². The first kappa shape index (κ1) is 14.0. The Morgan fingerprint density at radius 2 is 1.53 bits per heavy atom. The lowest BCUT2D eigenvalue weighted by atomic mass is 9.71. The highest BCUT2D eigenvalue weighted by Crippen LogP contribution is 2.40. The van der Waals surface area contributed by atoms with Crippen LogP contribution in [0.5, 0.6) is 5.75 Å². The van der Waals surface area contributed by atoms with Crippen molar-refractivity contribution in [3.05, 3.63) is 29.8 Å². The smallest absolute Gasteiger partial charge is 0.115 e. The number of hydrogen-bond donors (Lipinski definition) is 2. The number of rotatable bonds is 3. The fraction of sp³-hybridized carbons (Fsp3) is 0.600. The van der Waals surface area contributed by atoms with E-state index in [9.17, 15) is 5.11 Å². The van der Waals surface area contributed by atoms with Crippen molar-refractivity contribution in [2.75, 3.05) is 0 Å². The first-order chi connectivity index (χ1) is 7.59. The predicted molar refractivity (Wildman–Crippen MR) is 73.2 cm³/mol. The zero-order valence-corrected chi connectivity index (χ0v) is 11.6. The highest BCUT2D eigenvalue weighted by Gasteiger charge is 2.30. The number of phenolic OH excluding ortho intramolecular Hbond substituents is 1. The summed E-state index contributed by atoms with van der Waals surface area (Å²) in [5, 5.41) is 9.35. The van der Waals surface area contributed by atoms with Crippen molar-refractivity contribution in [2.45, 2.75) is 52.5 Å². The van der Waals surface area contributed by atoms with Gasteiger partial charge in [-0.25, -0.2) is 0 Å². The Morgan fingerprint density at radius 3 is 1.88 bits per heavy atom. The maximum atomic E-state index is 9.35. The van der Waals surface area contributed by atoms with Gasteiger partial charge in [0.15, 0.2) is 0 Å². The molecular weight excluding hydrogens is 210 g/mol. The van der Waals surface area contributed by atoms with Crippen molar-refractivity contribution in [1.29, 1.82) is 0 Å². The molecule has 0 radical (unpaired) electrons. The summed E-state index contributed by atoms with van der Waals surface area (Å²) in [6.45, 7) is 10.8. The molecule has 0 amide bonds. The van der Waals surface area contributed by atoms with Crippen LogP contribution in [-0.4, -0.2) is 10.6 Å². The van der Waals surface area contributed by atoms with Crippen molar-refractivity contribution < 1.29 is 5.11 Å². The van der Waals surface area contributed by atoms with Crippen LogP contribution in [0.1, 0.15) is 52.5 Å². The molecule has 0 bridgehead atoms. The maximum Gasteiger partial charge on any atom is 0.115 e. The summed E-state index contributed by atoms with van der Waals surface area (Å²) < 4.78 is 0. The Hall–Kier alpha value is -1.02. The van der Waals surface area contributed by atoms with Gasteiger partial charge >= 0.3 is 0 Å². The molecule has 1 unspecified atom stereocenters. The standard InChI is InChI=1S/C15H25NO/c1-14(2,3)13(10-15(4,5)16)11-6-8-12(17)9-7-11/h6-9,13,17H,10,16H2,1-5H3. The van der Waals surface area contributed by atoms with E-state index < -0.39 is 0 Å². The van der Waals surface area contributed by atoms with E-state index in [4.69, 9.17) is 5.73 Å². The summed E-state index contributed by atoms with van der Waals surface area (Å²) in [5.41, 5.74) is 7.37. The van der Waals surface area contributed by atoms with E-state index in [1.54, 1.807) is 12.1 Å². The lowest BCUT2D eigenvalue weighted by Gasteiger charge is -2.36. The number of nitrogens with two attached hydrogens (primary N) is 1. The third-order valence-corrected chi connectivity index (χ3v) is 3.07. The van der Waals surface area contributed by atoms with Gasteiger partial charge < -0.3 is 10.8 Å². The molecule has 0 aliphatic carbocycles. The summed E-state index contributed by atoms with van der Waals surface area (Å²) in [4.78, 5) is 0. The van der Waals surface area contributed by atoms with E-state index >= 15 is 0 Å². The molecule has 0 fully saturated rings. The Labute approximate surface area is 105 Å². The van der Waals surface area contributed by atoms with Crippen molar-refractivity contribution in [3.63, 3.8) is 0 Å². The van der Waals surface area contributed by atoms with Gasteiger partial charge in [0, 0.05) is 5.54 Å². The topological polar surface area (TPSA) is 46.2 Å². The van der Waals surface area contributed by atoms with Crippen LogP contribution in [0.25, 0.3) is 0 Å². The fourth-order valence-corrected chi connectivity index (χ4v) is 2.16. The van der Waals surface area contributed by atoms with E-state index in [0.717, 1.165) is 6.42 Å². The molecule has 3 N–H and O–H groups in total. The number of phenols is 1. The minimum absolute atomic E-state index is 0.160. The minimum Gasteiger partial charge on any atom is -0.508 e. The Bertz CT molecular complexity index is 354. The van der Waals surface area contributed by atoms with Gasteiger partial charge in [0.25, 0.3) is 0 Å². The van der Waals surface area contributed by atoms with Crippen LogP contribution >= 0.6 is 0 Å². The zero-order chi connectivity index (χ0) is 13.3. The van der Waals surface area contributed by atoms with Gasteiger partial charge in [-0.15, -0.1) is 0 Å². The molecular formula is C15H25NO. The molecule has 0 saturated heterocycles. The van der Waals surface area contributed by atoms with Crippen molar-refractivity contribution in [1.82, 2.24) is 0 Å². The van der Waals surface area contributed by atoms with Crippen LogP contribution in [0.2, 0.25) is 0 Å². The Morgan fingerprint density at radius 1 is 1.06 bits per heavy atom. The summed E-state index contributed by atoms with van der Waals surface area (Å²) >= 11 is 0. The van der Waals surface area contributed by atoms with Crippen molar-refractivity contribution in [3.8, 4) is 5.75 Å². The second-order valence-corrected chi connectivity index (χ2v) is 6.70. The van der Waals surface area contributed by atoms with Crippen LogP contribution < -0.4 is 5.73 Å². The van der Waals surface area contributed by atoms with Gasteiger partial charge in [-0.05, 0) is 49.3 Å².